The second-order valence-corrected chi connectivity index (χ2v) is 7.05. The Morgan fingerprint density at radius 2 is 1.93 bits per heavy atom. The number of hydrogen-bond donors (Lipinski definition) is 3. The number of halogens is 3. The number of aryl methyl sites for hydroxylation is 1. The van der Waals surface area contributed by atoms with E-state index in [4.69, 9.17) is 0 Å². The summed E-state index contributed by atoms with van der Waals surface area (Å²) in [5, 5.41) is 26.1. The molecule has 3 heterocycles. The van der Waals surface area contributed by atoms with Gasteiger partial charge in [-0.3, -0.25) is 4.68 Å². The van der Waals surface area contributed by atoms with Crippen molar-refractivity contribution in [2.45, 2.75) is 32.2 Å². The summed E-state index contributed by atoms with van der Waals surface area (Å²) in [6.07, 6.45) is -0.159. The average molecular weight is 407 g/mol. The SMILES string of the molecule is Cc1cc(Nc2cc(C(F)(F)F)ccn2)nc(-c2cnn(CC(C)(O)CO)c2)c1. The normalized spacial score (nSPS) is 13.9. The number of pyridine rings is 2. The quantitative estimate of drug-likeness (QED) is 0.581. The summed E-state index contributed by atoms with van der Waals surface area (Å²) in [6.45, 7) is 3.00. The molecule has 0 aliphatic heterocycles. The monoisotopic (exact) mass is 407 g/mol. The topological polar surface area (TPSA) is 96.1 Å². The van der Waals surface area contributed by atoms with Crippen LogP contribution in [-0.4, -0.2) is 42.2 Å². The molecule has 0 aliphatic rings. The van der Waals surface area contributed by atoms with Gasteiger partial charge in [0.1, 0.15) is 17.2 Å². The Morgan fingerprint density at radius 1 is 1.17 bits per heavy atom. The van der Waals surface area contributed by atoms with Crippen molar-refractivity contribution in [2.75, 3.05) is 11.9 Å². The predicted octanol–water partition coefficient (Wildman–Crippen LogP) is 3.15. The number of hydrogen-bond acceptors (Lipinski definition) is 6. The van der Waals surface area contributed by atoms with E-state index < -0.39 is 23.9 Å². The van der Waals surface area contributed by atoms with E-state index in [1.165, 1.54) is 11.6 Å². The molecule has 154 valence electrons. The summed E-state index contributed by atoms with van der Waals surface area (Å²) in [7, 11) is 0. The maximum absolute atomic E-state index is 12.9. The van der Waals surface area contributed by atoms with Gasteiger partial charge in [-0.1, -0.05) is 0 Å². The number of rotatable bonds is 6. The molecule has 0 saturated heterocycles. The van der Waals surface area contributed by atoms with Crippen molar-refractivity contribution in [2.24, 2.45) is 0 Å². The Morgan fingerprint density at radius 3 is 2.62 bits per heavy atom. The minimum Gasteiger partial charge on any atom is -0.393 e. The van der Waals surface area contributed by atoms with Gasteiger partial charge in [0, 0.05) is 18.0 Å². The zero-order valence-electron chi connectivity index (χ0n) is 15.8. The number of nitrogens with one attached hydrogen (secondary N) is 1. The highest BCUT2D eigenvalue weighted by atomic mass is 19.4. The highest BCUT2D eigenvalue weighted by Crippen LogP contribution is 2.30. The predicted molar refractivity (Wildman–Crippen MR) is 100 cm³/mol. The molecule has 0 radical (unpaired) electrons. The molecule has 0 saturated carbocycles. The van der Waals surface area contributed by atoms with Gasteiger partial charge in [0.15, 0.2) is 0 Å². The Labute approximate surface area is 164 Å². The number of nitrogens with zero attached hydrogens (tertiary/aromatic N) is 4. The second kappa shape index (κ2) is 7.80. The smallest absolute Gasteiger partial charge is 0.393 e. The van der Waals surface area contributed by atoms with Crippen molar-refractivity contribution in [3.8, 4) is 11.3 Å². The van der Waals surface area contributed by atoms with Gasteiger partial charge >= 0.3 is 6.18 Å². The van der Waals surface area contributed by atoms with E-state index in [2.05, 4.69) is 20.4 Å². The molecular weight excluding hydrogens is 387 g/mol. The van der Waals surface area contributed by atoms with Crippen molar-refractivity contribution < 1.29 is 23.4 Å². The third kappa shape index (κ3) is 5.30. The highest BCUT2D eigenvalue weighted by molar-refractivity contribution is 5.63. The number of alkyl halides is 3. The van der Waals surface area contributed by atoms with E-state index in [1.54, 1.807) is 24.5 Å². The Balaban J connectivity index is 1.85. The van der Waals surface area contributed by atoms with Gasteiger partial charge in [-0.15, -0.1) is 0 Å². The fourth-order valence-electron chi connectivity index (χ4n) is 2.67. The third-order valence-corrected chi connectivity index (χ3v) is 4.09. The molecule has 0 amide bonds. The minimum atomic E-state index is -4.46. The van der Waals surface area contributed by atoms with Gasteiger partial charge in [0.05, 0.1) is 30.6 Å². The summed E-state index contributed by atoms with van der Waals surface area (Å²) in [5.41, 5.74) is -0.0814. The van der Waals surface area contributed by atoms with Crippen LogP contribution in [0.15, 0.2) is 42.9 Å². The molecule has 10 heteroatoms. The van der Waals surface area contributed by atoms with E-state index in [0.717, 1.165) is 23.9 Å². The van der Waals surface area contributed by atoms with E-state index in [-0.39, 0.29) is 12.4 Å². The van der Waals surface area contributed by atoms with Gasteiger partial charge in [0.2, 0.25) is 0 Å². The molecule has 0 fully saturated rings. The Kier molecular flexibility index (Phi) is 5.58. The zero-order valence-corrected chi connectivity index (χ0v) is 15.8. The molecule has 3 aromatic rings. The van der Waals surface area contributed by atoms with Gasteiger partial charge < -0.3 is 15.5 Å². The molecule has 3 rings (SSSR count). The fourth-order valence-corrected chi connectivity index (χ4v) is 2.67. The summed E-state index contributed by atoms with van der Waals surface area (Å²) in [5.74, 6) is 0.362. The van der Waals surface area contributed by atoms with Crippen molar-refractivity contribution >= 4 is 11.6 Å². The van der Waals surface area contributed by atoms with Crippen molar-refractivity contribution in [1.29, 1.82) is 0 Å². The fraction of sp³-hybridized carbons (Fsp3) is 0.316. The maximum Gasteiger partial charge on any atom is 0.416 e. The largest absolute Gasteiger partial charge is 0.416 e. The first kappa shape index (κ1) is 20.7. The lowest BCUT2D eigenvalue weighted by Gasteiger charge is -2.19. The summed E-state index contributed by atoms with van der Waals surface area (Å²) in [6, 6.07) is 5.30. The van der Waals surface area contributed by atoms with E-state index in [1.807, 2.05) is 6.92 Å². The van der Waals surface area contributed by atoms with Crippen LogP contribution in [-0.2, 0) is 12.7 Å². The number of aliphatic hydroxyl groups excluding tert-OH is 1. The van der Waals surface area contributed by atoms with Crippen LogP contribution in [0.3, 0.4) is 0 Å². The van der Waals surface area contributed by atoms with Gasteiger partial charge in [-0.05, 0) is 43.7 Å². The lowest BCUT2D eigenvalue weighted by atomic mass is 10.1. The maximum atomic E-state index is 12.9. The van der Waals surface area contributed by atoms with Crippen LogP contribution in [0, 0.1) is 6.92 Å². The molecular formula is C19H20F3N5O2. The van der Waals surface area contributed by atoms with E-state index in [0.29, 0.717) is 17.1 Å². The van der Waals surface area contributed by atoms with Crippen LogP contribution < -0.4 is 5.32 Å². The molecule has 0 aromatic carbocycles. The summed E-state index contributed by atoms with van der Waals surface area (Å²) in [4.78, 5) is 8.34. The first-order valence-electron chi connectivity index (χ1n) is 8.71. The number of aromatic nitrogens is 4. The van der Waals surface area contributed by atoms with Gasteiger partial charge in [-0.2, -0.15) is 18.3 Å². The molecule has 29 heavy (non-hydrogen) atoms. The summed E-state index contributed by atoms with van der Waals surface area (Å²) >= 11 is 0. The minimum absolute atomic E-state index is 0.0264. The van der Waals surface area contributed by atoms with E-state index >= 15 is 0 Å². The van der Waals surface area contributed by atoms with E-state index in [9.17, 15) is 23.4 Å². The molecule has 1 unspecified atom stereocenters. The average Bonchev–Trinajstić information content (AvgIpc) is 3.08. The Bertz CT molecular complexity index is 1000. The molecule has 0 spiro atoms. The van der Waals surface area contributed by atoms with Crippen molar-refractivity contribution in [3.63, 3.8) is 0 Å². The third-order valence-electron chi connectivity index (χ3n) is 4.09. The first-order chi connectivity index (χ1) is 13.6. The van der Waals surface area contributed by atoms with Crippen LogP contribution in [0.4, 0.5) is 24.8 Å². The van der Waals surface area contributed by atoms with Crippen LogP contribution >= 0.6 is 0 Å². The molecule has 3 aromatic heterocycles. The molecule has 0 bridgehead atoms. The van der Waals surface area contributed by atoms with Gasteiger partial charge in [-0.25, -0.2) is 9.97 Å². The van der Waals surface area contributed by atoms with Crippen molar-refractivity contribution in [3.05, 3.63) is 54.0 Å². The van der Waals surface area contributed by atoms with Crippen LogP contribution in [0.25, 0.3) is 11.3 Å². The standard InChI is InChI=1S/C19H20F3N5O2/c1-12-5-15(13-8-24-27(9-13)10-18(2,29)11-28)25-17(6-12)26-16-7-14(3-4-23-16)19(20,21)22/h3-9,28-29H,10-11H2,1-2H3,(H,23,25,26). The molecule has 3 N–H and O–H groups in total. The van der Waals surface area contributed by atoms with Crippen molar-refractivity contribution in [1.82, 2.24) is 19.7 Å². The number of anilines is 2. The molecule has 1 atom stereocenters. The molecule has 0 aliphatic carbocycles. The summed E-state index contributed by atoms with van der Waals surface area (Å²) < 4.78 is 40.1. The van der Waals surface area contributed by atoms with Crippen LogP contribution in [0.5, 0.6) is 0 Å². The lowest BCUT2D eigenvalue weighted by molar-refractivity contribution is -0.137. The van der Waals surface area contributed by atoms with Crippen LogP contribution in [0.2, 0.25) is 0 Å². The van der Waals surface area contributed by atoms with Crippen LogP contribution in [0.1, 0.15) is 18.1 Å². The van der Waals surface area contributed by atoms with Gasteiger partial charge in [0.25, 0.3) is 0 Å². The Hall–Kier alpha value is -2.98. The lowest BCUT2D eigenvalue weighted by Crippen LogP contribution is -2.34. The second-order valence-electron chi connectivity index (χ2n) is 7.05. The number of aliphatic hydroxyl groups is 2. The molecule has 7 nitrogen and oxygen atoms in total. The zero-order chi connectivity index (χ0) is 21.2. The highest BCUT2D eigenvalue weighted by Gasteiger charge is 2.30. The first-order valence-corrected chi connectivity index (χ1v) is 8.71.